The summed E-state index contributed by atoms with van der Waals surface area (Å²) in [5.41, 5.74) is 2.83. The summed E-state index contributed by atoms with van der Waals surface area (Å²) >= 11 is 1.45. The molecule has 112 valence electrons. The molecule has 1 amide bonds. The summed E-state index contributed by atoms with van der Waals surface area (Å²) in [6, 6.07) is 10.1. The molecule has 3 rings (SSSR count). The van der Waals surface area contributed by atoms with Gasteiger partial charge in [0.25, 0.3) is 5.91 Å². The second kappa shape index (κ2) is 6.11. The molecule has 2 heterocycles. The summed E-state index contributed by atoms with van der Waals surface area (Å²) in [5, 5.41) is 9.74. The van der Waals surface area contributed by atoms with Crippen LogP contribution in [0, 0.1) is 13.8 Å². The van der Waals surface area contributed by atoms with Crippen molar-refractivity contribution in [1.29, 1.82) is 0 Å². The Morgan fingerprint density at radius 3 is 2.68 bits per heavy atom. The topological polar surface area (TPSA) is 59.8 Å². The van der Waals surface area contributed by atoms with Crippen molar-refractivity contribution in [1.82, 2.24) is 14.8 Å². The molecule has 0 aliphatic heterocycles. The molecule has 0 spiro atoms. The number of carbonyl (C=O) groups is 1. The van der Waals surface area contributed by atoms with Gasteiger partial charge in [0.05, 0.1) is 11.6 Å². The second-order valence-corrected chi connectivity index (χ2v) is 6.15. The lowest BCUT2D eigenvalue weighted by molar-refractivity contribution is 0.102. The average molecular weight is 312 g/mol. The molecule has 0 unspecified atom stereocenters. The molecule has 6 heteroatoms. The van der Waals surface area contributed by atoms with E-state index in [4.69, 9.17) is 0 Å². The number of aromatic nitrogens is 3. The standard InChI is InChI=1S/C16H16N4OS/c1-11-3-5-13(6-4-11)9-20-8-7-15(19-20)18-16(21)14-10-22-12(2)17-14/h3-8,10H,9H2,1-2H3,(H,18,19,21). The Balaban J connectivity index is 1.66. The zero-order chi connectivity index (χ0) is 15.5. The summed E-state index contributed by atoms with van der Waals surface area (Å²) in [7, 11) is 0. The molecular weight excluding hydrogens is 296 g/mol. The van der Waals surface area contributed by atoms with Crippen LogP contribution in [0.25, 0.3) is 0 Å². The number of nitrogens with zero attached hydrogens (tertiary/aromatic N) is 3. The van der Waals surface area contributed by atoms with Crippen LogP contribution in [0.2, 0.25) is 0 Å². The molecule has 0 fully saturated rings. The highest BCUT2D eigenvalue weighted by molar-refractivity contribution is 7.09. The van der Waals surface area contributed by atoms with Gasteiger partial charge in [0.15, 0.2) is 5.82 Å². The number of aryl methyl sites for hydroxylation is 2. The average Bonchev–Trinajstić information content (AvgIpc) is 3.11. The zero-order valence-corrected chi connectivity index (χ0v) is 13.2. The lowest BCUT2D eigenvalue weighted by Gasteiger charge is -2.03. The van der Waals surface area contributed by atoms with E-state index in [9.17, 15) is 4.79 Å². The molecule has 0 aliphatic rings. The van der Waals surface area contributed by atoms with E-state index in [0.717, 1.165) is 5.01 Å². The quantitative estimate of drug-likeness (QED) is 0.804. The molecule has 5 nitrogen and oxygen atoms in total. The molecule has 22 heavy (non-hydrogen) atoms. The normalized spacial score (nSPS) is 10.6. The van der Waals surface area contributed by atoms with Crippen LogP contribution in [-0.4, -0.2) is 20.7 Å². The van der Waals surface area contributed by atoms with E-state index in [1.807, 2.05) is 13.1 Å². The van der Waals surface area contributed by atoms with E-state index >= 15 is 0 Å². The predicted molar refractivity (Wildman–Crippen MR) is 87.3 cm³/mol. The van der Waals surface area contributed by atoms with Crippen molar-refractivity contribution in [2.75, 3.05) is 5.32 Å². The van der Waals surface area contributed by atoms with Crippen LogP contribution >= 0.6 is 11.3 Å². The minimum atomic E-state index is -0.232. The van der Waals surface area contributed by atoms with E-state index < -0.39 is 0 Å². The van der Waals surface area contributed by atoms with Gasteiger partial charge in [0.1, 0.15) is 5.69 Å². The Kier molecular flexibility index (Phi) is 4.02. The molecule has 0 aliphatic carbocycles. The van der Waals surface area contributed by atoms with Gasteiger partial charge >= 0.3 is 0 Å². The molecule has 1 aromatic carbocycles. The molecule has 0 saturated heterocycles. The van der Waals surface area contributed by atoms with Gasteiger partial charge in [-0.2, -0.15) is 5.10 Å². The first-order chi connectivity index (χ1) is 10.6. The van der Waals surface area contributed by atoms with E-state index in [0.29, 0.717) is 18.1 Å². The van der Waals surface area contributed by atoms with E-state index in [1.165, 1.54) is 22.5 Å². The van der Waals surface area contributed by atoms with Crippen molar-refractivity contribution in [3.8, 4) is 0 Å². The molecule has 0 atom stereocenters. The van der Waals surface area contributed by atoms with E-state index in [-0.39, 0.29) is 5.91 Å². The predicted octanol–water partition coefficient (Wildman–Crippen LogP) is 3.26. The fourth-order valence-corrected chi connectivity index (χ4v) is 2.64. The molecule has 3 aromatic rings. The van der Waals surface area contributed by atoms with Gasteiger partial charge in [-0.1, -0.05) is 29.8 Å². The third-order valence-electron chi connectivity index (χ3n) is 3.20. The first-order valence-electron chi connectivity index (χ1n) is 6.92. The molecule has 2 aromatic heterocycles. The largest absolute Gasteiger partial charge is 0.304 e. The summed E-state index contributed by atoms with van der Waals surface area (Å²) in [6.07, 6.45) is 1.85. The zero-order valence-electron chi connectivity index (χ0n) is 12.4. The minimum Gasteiger partial charge on any atom is -0.304 e. The van der Waals surface area contributed by atoms with Crippen molar-refractivity contribution in [3.05, 3.63) is 63.7 Å². The fraction of sp³-hybridized carbons (Fsp3) is 0.188. The van der Waals surface area contributed by atoms with Gasteiger partial charge in [-0.25, -0.2) is 4.98 Å². The molecule has 0 bridgehead atoms. The van der Waals surface area contributed by atoms with E-state index in [1.54, 1.807) is 16.1 Å². The number of amides is 1. The number of hydrogen-bond acceptors (Lipinski definition) is 4. The number of thiazole rings is 1. The molecule has 1 N–H and O–H groups in total. The first kappa shape index (κ1) is 14.5. The van der Waals surface area contributed by atoms with Crippen molar-refractivity contribution >= 4 is 23.1 Å². The molecule has 0 radical (unpaired) electrons. The highest BCUT2D eigenvalue weighted by Crippen LogP contribution is 2.11. The fourth-order valence-electron chi connectivity index (χ4n) is 2.05. The Morgan fingerprint density at radius 1 is 1.23 bits per heavy atom. The smallest absolute Gasteiger partial charge is 0.276 e. The van der Waals surface area contributed by atoms with Crippen molar-refractivity contribution in [2.24, 2.45) is 0 Å². The summed E-state index contributed by atoms with van der Waals surface area (Å²) in [4.78, 5) is 16.2. The Morgan fingerprint density at radius 2 is 2.00 bits per heavy atom. The monoisotopic (exact) mass is 312 g/mol. The van der Waals surface area contributed by atoms with Gasteiger partial charge in [-0.3, -0.25) is 9.48 Å². The first-order valence-corrected chi connectivity index (χ1v) is 7.80. The molecule has 0 saturated carbocycles. The van der Waals surface area contributed by atoms with E-state index in [2.05, 4.69) is 46.6 Å². The third kappa shape index (κ3) is 3.40. The number of carbonyl (C=O) groups excluding carboxylic acids is 1. The SMILES string of the molecule is Cc1ccc(Cn2ccc(NC(=O)c3csc(C)n3)n2)cc1. The maximum atomic E-state index is 12.0. The van der Waals surface area contributed by atoms with Crippen LogP contribution in [0.5, 0.6) is 0 Å². The van der Waals surface area contributed by atoms with Gasteiger partial charge in [-0.05, 0) is 19.4 Å². The lowest BCUT2D eigenvalue weighted by atomic mass is 10.1. The number of hydrogen-bond donors (Lipinski definition) is 1. The van der Waals surface area contributed by atoms with Crippen LogP contribution < -0.4 is 5.32 Å². The highest BCUT2D eigenvalue weighted by atomic mass is 32.1. The van der Waals surface area contributed by atoms with Gasteiger partial charge in [0.2, 0.25) is 0 Å². The van der Waals surface area contributed by atoms with Crippen LogP contribution in [0.3, 0.4) is 0 Å². The number of nitrogens with one attached hydrogen (secondary N) is 1. The van der Waals surface area contributed by atoms with Crippen molar-refractivity contribution in [2.45, 2.75) is 20.4 Å². The van der Waals surface area contributed by atoms with Crippen molar-refractivity contribution < 1.29 is 4.79 Å². The maximum Gasteiger partial charge on any atom is 0.276 e. The Labute approximate surface area is 132 Å². The van der Waals surface area contributed by atoms with Crippen molar-refractivity contribution in [3.63, 3.8) is 0 Å². The Hall–Kier alpha value is -2.47. The van der Waals surface area contributed by atoms with Crippen LogP contribution in [0.1, 0.15) is 26.6 Å². The third-order valence-corrected chi connectivity index (χ3v) is 3.97. The summed E-state index contributed by atoms with van der Waals surface area (Å²) in [6.45, 7) is 4.61. The second-order valence-electron chi connectivity index (χ2n) is 5.09. The van der Waals surface area contributed by atoms with Crippen LogP contribution in [-0.2, 0) is 6.54 Å². The summed E-state index contributed by atoms with van der Waals surface area (Å²) < 4.78 is 1.80. The van der Waals surface area contributed by atoms with Gasteiger partial charge in [0, 0.05) is 17.6 Å². The maximum absolute atomic E-state index is 12.0. The number of benzene rings is 1. The number of anilines is 1. The summed E-state index contributed by atoms with van der Waals surface area (Å²) in [5.74, 6) is 0.299. The highest BCUT2D eigenvalue weighted by Gasteiger charge is 2.11. The molecular formula is C16H16N4OS. The number of rotatable bonds is 4. The van der Waals surface area contributed by atoms with Gasteiger partial charge < -0.3 is 5.32 Å². The minimum absolute atomic E-state index is 0.232. The van der Waals surface area contributed by atoms with Crippen LogP contribution in [0.4, 0.5) is 5.82 Å². The van der Waals surface area contributed by atoms with Gasteiger partial charge in [-0.15, -0.1) is 11.3 Å². The van der Waals surface area contributed by atoms with Crippen LogP contribution in [0.15, 0.2) is 41.9 Å². The lowest BCUT2D eigenvalue weighted by Crippen LogP contribution is -2.13. The Bertz CT molecular complexity index is 789.